The molecule has 2 aliphatic rings. The van der Waals surface area contributed by atoms with Gasteiger partial charge in [-0.2, -0.15) is 4.98 Å². The molecule has 1 aromatic heterocycles. The van der Waals surface area contributed by atoms with Crippen molar-refractivity contribution in [1.29, 1.82) is 0 Å². The number of ether oxygens (including phenoxy) is 2. The number of aromatic nitrogens is 1. The third-order valence-corrected chi connectivity index (χ3v) is 3.34. The molecule has 1 saturated carbocycles. The first-order chi connectivity index (χ1) is 8.42. The average molecular weight is 271 g/mol. The van der Waals surface area contributed by atoms with Gasteiger partial charge < -0.3 is 14.8 Å². The van der Waals surface area contributed by atoms with E-state index in [4.69, 9.17) is 9.47 Å². The van der Waals surface area contributed by atoms with Gasteiger partial charge in [-0.1, -0.05) is 0 Å². The number of hydrogen-bond acceptors (Lipinski definition) is 4. The summed E-state index contributed by atoms with van der Waals surface area (Å²) in [7, 11) is 0. The second-order valence-corrected chi connectivity index (χ2v) is 4.66. The largest absolute Gasteiger partial charge is 0.476 e. The number of nitrogens with zero attached hydrogens (tertiary/aromatic N) is 1. The highest BCUT2D eigenvalue weighted by Crippen LogP contribution is 2.26. The van der Waals surface area contributed by atoms with Crippen LogP contribution in [0.15, 0.2) is 12.1 Å². The van der Waals surface area contributed by atoms with Gasteiger partial charge in [0.15, 0.2) is 0 Å². The van der Waals surface area contributed by atoms with E-state index in [9.17, 15) is 0 Å². The van der Waals surface area contributed by atoms with Crippen LogP contribution in [0.5, 0.6) is 11.8 Å². The quantitative estimate of drug-likeness (QED) is 0.896. The van der Waals surface area contributed by atoms with Crippen LogP contribution in [-0.2, 0) is 6.54 Å². The molecule has 3 rings (SSSR count). The Bertz CT molecular complexity index is 395. The van der Waals surface area contributed by atoms with Gasteiger partial charge in [0.05, 0.1) is 0 Å². The summed E-state index contributed by atoms with van der Waals surface area (Å²) in [5.41, 5.74) is 1.11. The molecule has 5 heteroatoms. The van der Waals surface area contributed by atoms with Crippen molar-refractivity contribution < 1.29 is 9.47 Å². The van der Waals surface area contributed by atoms with Crippen LogP contribution in [0.4, 0.5) is 0 Å². The van der Waals surface area contributed by atoms with E-state index in [1.54, 1.807) is 0 Å². The molecule has 100 valence electrons. The van der Waals surface area contributed by atoms with Crippen LogP contribution < -0.4 is 14.8 Å². The van der Waals surface area contributed by atoms with Gasteiger partial charge in [-0.3, -0.25) is 0 Å². The predicted octanol–water partition coefficient (Wildman–Crippen LogP) is 2.31. The van der Waals surface area contributed by atoms with Gasteiger partial charge in [-0.25, -0.2) is 0 Å². The smallest absolute Gasteiger partial charge is 0.221 e. The Morgan fingerprint density at radius 1 is 1.28 bits per heavy atom. The van der Waals surface area contributed by atoms with Crippen molar-refractivity contribution >= 4 is 12.4 Å². The van der Waals surface area contributed by atoms with E-state index >= 15 is 0 Å². The maximum Gasteiger partial charge on any atom is 0.221 e. The molecule has 1 aliphatic carbocycles. The first-order valence-corrected chi connectivity index (χ1v) is 6.42. The van der Waals surface area contributed by atoms with Gasteiger partial charge in [-0.05, 0) is 31.7 Å². The van der Waals surface area contributed by atoms with Crippen molar-refractivity contribution in [2.75, 3.05) is 13.2 Å². The Balaban J connectivity index is 0.00000120. The third-order valence-electron chi connectivity index (χ3n) is 3.34. The molecule has 0 aromatic carbocycles. The van der Waals surface area contributed by atoms with Gasteiger partial charge in [0.25, 0.3) is 0 Å². The Labute approximate surface area is 113 Å². The van der Waals surface area contributed by atoms with Crippen LogP contribution in [-0.4, -0.2) is 24.2 Å². The van der Waals surface area contributed by atoms with Crippen molar-refractivity contribution in [3.8, 4) is 11.8 Å². The van der Waals surface area contributed by atoms with E-state index in [0.29, 0.717) is 18.6 Å². The van der Waals surface area contributed by atoms with E-state index in [2.05, 4.69) is 10.3 Å². The summed E-state index contributed by atoms with van der Waals surface area (Å²) in [6.45, 7) is 2.37. The number of hydrogen-bond donors (Lipinski definition) is 1. The fraction of sp³-hybridized carbons (Fsp3) is 0.615. The van der Waals surface area contributed by atoms with Crippen molar-refractivity contribution in [2.24, 2.45) is 0 Å². The maximum atomic E-state index is 5.87. The minimum Gasteiger partial charge on any atom is -0.476 e. The van der Waals surface area contributed by atoms with Crippen LogP contribution in [0.25, 0.3) is 0 Å². The summed E-state index contributed by atoms with van der Waals surface area (Å²) in [4.78, 5) is 4.45. The van der Waals surface area contributed by atoms with Gasteiger partial charge in [0.2, 0.25) is 11.8 Å². The summed E-state index contributed by atoms with van der Waals surface area (Å²) in [5, 5.41) is 3.29. The lowest BCUT2D eigenvalue weighted by Crippen LogP contribution is -2.16. The highest BCUT2D eigenvalue weighted by Gasteiger charge is 2.18. The molecule has 18 heavy (non-hydrogen) atoms. The second kappa shape index (κ2) is 6.25. The minimum atomic E-state index is 0. The van der Waals surface area contributed by atoms with Crippen LogP contribution in [0.3, 0.4) is 0 Å². The van der Waals surface area contributed by atoms with Gasteiger partial charge in [0, 0.05) is 24.7 Å². The Kier molecular flexibility index (Phi) is 4.66. The molecule has 4 nitrogen and oxygen atoms in total. The molecule has 0 bridgehead atoms. The van der Waals surface area contributed by atoms with Crippen LogP contribution in [0.1, 0.15) is 31.2 Å². The van der Waals surface area contributed by atoms with Crippen molar-refractivity contribution in [2.45, 2.75) is 38.3 Å². The molecule has 2 heterocycles. The maximum absolute atomic E-state index is 5.87. The highest BCUT2D eigenvalue weighted by molar-refractivity contribution is 5.85. The number of pyridine rings is 1. The number of fused-ring (bicyclic) bond motifs is 1. The van der Waals surface area contributed by atoms with Crippen LogP contribution in [0, 0.1) is 0 Å². The average Bonchev–Trinajstić information content (AvgIpc) is 2.73. The predicted molar refractivity (Wildman–Crippen MR) is 71.6 cm³/mol. The fourth-order valence-corrected chi connectivity index (χ4v) is 2.40. The second-order valence-electron chi connectivity index (χ2n) is 4.66. The monoisotopic (exact) mass is 270 g/mol. The molecule has 0 radical (unpaired) electrons. The summed E-state index contributed by atoms with van der Waals surface area (Å²) in [6.07, 6.45) is 5.21. The first kappa shape index (κ1) is 13.4. The molecular weight excluding hydrogens is 252 g/mol. The molecule has 0 unspecified atom stereocenters. The molecule has 1 fully saturated rings. The van der Waals surface area contributed by atoms with Crippen molar-refractivity contribution in [3.05, 3.63) is 17.7 Å². The van der Waals surface area contributed by atoms with E-state index < -0.39 is 0 Å². The molecule has 0 saturated heterocycles. The van der Waals surface area contributed by atoms with Gasteiger partial charge in [0.1, 0.15) is 12.7 Å². The van der Waals surface area contributed by atoms with E-state index in [0.717, 1.165) is 37.4 Å². The molecular formula is C13H19ClN2O2. The number of rotatable bonds is 2. The standard InChI is InChI=1S/C13H18N2O2.ClH/c1-2-4-11(3-1)17-12-6-5-10-9-14-7-8-16-13(10)15-12;/h5-6,11,14H,1-4,7-9H2;1H. The molecule has 0 spiro atoms. The first-order valence-electron chi connectivity index (χ1n) is 6.42. The third kappa shape index (κ3) is 3.06. The SMILES string of the molecule is Cl.c1cc2c(nc1OC1CCCC1)OCCNC2. The number of halogens is 1. The zero-order valence-electron chi connectivity index (χ0n) is 10.4. The van der Waals surface area contributed by atoms with Gasteiger partial charge in [-0.15, -0.1) is 12.4 Å². The summed E-state index contributed by atoms with van der Waals surface area (Å²) < 4.78 is 11.5. The summed E-state index contributed by atoms with van der Waals surface area (Å²) in [6, 6.07) is 4.00. The lowest BCUT2D eigenvalue weighted by molar-refractivity contribution is 0.198. The van der Waals surface area contributed by atoms with E-state index in [1.807, 2.05) is 12.1 Å². The minimum absolute atomic E-state index is 0. The molecule has 1 aromatic rings. The van der Waals surface area contributed by atoms with E-state index in [-0.39, 0.29) is 12.4 Å². The molecule has 1 N–H and O–H groups in total. The van der Waals surface area contributed by atoms with Crippen molar-refractivity contribution in [3.63, 3.8) is 0 Å². The highest BCUT2D eigenvalue weighted by atomic mass is 35.5. The Morgan fingerprint density at radius 2 is 2.11 bits per heavy atom. The summed E-state index contributed by atoms with van der Waals surface area (Å²) in [5.74, 6) is 1.43. The Hall–Kier alpha value is -1.00. The summed E-state index contributed by atoms with van der Waals surface area (Å²) >= 11 is 0. The van der Waals surface area contributed by atoms with Crippen LogP contribution >= 0.6 is 12.4 Å². The van der Waals surface area contributed by atoms with Gasteiger partial charge >= 0.3 is 0 Å². The normalized spacial score (nSPS) is 19.3. The molecule has 1 aliphatic heterocycles. The molecule has 0 atom stereocenters. The fourth-order valence-electron chi connectivity index (χ4n) is 2.40. The zero-order chi connectivity index (χ0) is 11.5. The zero-order valence-corrected chi connectivity index (χ0v) is 11.2. The lowest BCUT2D eigenvalue weighted by atomic mass is 10.2. The van der Waals surface area contributed by atoms with Crippen molar-refractivity contribution in [1.82, 2.24) is 10.3 Å². The van der Waals surface area contributed by atoms with Crippen LogP contribution in [0.2, 0.25) is 0 Å². The topological polar surface area (TPSA) is 43.4 Å². The number of nitrogens with one attached hydrogen (secondary N) is 1. The molecule has 0 amide bonds. The Morgan fingerprint density at radius 3 is 2.94 bits per heavy atom. The van der Waals surface area contributed by atoms with E-state index in [1.165, 1.54) is 12.8 Å². The lowest BCUT2D eigenvalue weighted by Gasteiger charge is -2.13.